The number of halogens is 2. The zero-order valence-corrected chi connectivity index (χ0v) is 13.0. The molecule has 116 valence electrons. The Balaban J connectivity index is 1.81. The molecule has 6 nitrogen and oxygen atoms in total. The number of aromatic amines is 1. The Bertz CT molecular complexity index is 749. The maximum Gasteiger partial charge on any atom is 0.285 e. The minimum atomic E-state index is -0.441. The molecule has 0 aliphatic carbocycles. The molecule has 0 saturated heterocycles. The first-order chi connectivity index (χ1) is 10.6. The van der Waals surface area contributed by atoms with Crippen LogP contribution in [0, 0.1) is 0 Å². The number of anilines is 1. The second-order valence-corrected chi connectivity index (χ2v) is 5.52. The molecule has 2 aromatic rings. The number of hydrogen-bond acceptors (Lipinski definition) is 5. The van der Waals surface area contributed by atoms with Gasteiger partial charge in [0.2, 0.25) is 0 Å². The van der Waals surface area contributed by atoms with Gasteiger partial charge in [-0.1, -0.05) is 23.2 Å². The molecular formula is C14H13Cl2N3O3. The molecule has 0 spiro atoms. The highest BCUT2D eigenvalue weighted by atomic mass is 35.5. The Morgan fingerprint density at radius 3 is 2.95 bits per heavy atom. The van der Waals surface area contributed by atoms with Crippen molar-refractivity contribution in [2.45, 2.75) is 13.0 Å². The summed E-state index contributed by atoms with van der Waals surface area (Å²) in [6.45, 7) is 1.59. The van der Waals surface area contributed by atoms with Crippen molar-refractivity contribution in [3.8, 4) is 11.5 Å². The van der Waals surface area contributed by atoms with Crippen molar-refractivity contribution in [3.05, 3.63) is 44.3 Å². The number of nitrogens with zero attached hydrogens (tertiary/aromatic N) is 1. The summed E-state index contributed by atoms with van der Waals surface area (Å²) in [5.74, 6) is 1.19. The molecule has 3 rings (SSSR count). The Kier molecular flexibility index (Phi) is 4.40. The van der Waals surface area contributed by atoms with Crippen LogP contribution in [0.4, 0.5) is 5.69 Å². The fourth-order valence-electron chi connectivity index (χ4n) is 2.09. The Hall–Kier alpha value is -1.92. The van der Waals surface area contributed by atoms with Crippen molar-refractivity contribution in [1.29, 1.82) is 0 Å². The highest BCUT2D eigenvalue weighted by Crippen LogP contribution is 2.38. The molecule has 0 bridgehead atoms. The number of fused-ring (bicyclic) bond motifs is 1. The molecule has 1 aromatic carbocycles. The van der Waals surface area contributed by atoms with Crippen LogP contribution in [-0.2, 0) is 6.54 Å². The van der Waals surface area contributed by atoms with Crippen molar-refractivity contribution in [2.24, 2.45) is 0 Å². The van der Waals surface area contributed by atoms with Crippen LogP contribution in [0.25, 0.3) is 0 Å². The van der Waals surface area contributed by atoms with Crippen LogP contribution < -0.4 is 20.3 Å². The van der Waals surface area contributed by atoms with Crippen LogP contribution in [0.3, 0.4) is 0 Å². The largest absolute Gasteiger partial charge is 0.489 e. The number of ether oxygens (including phenoxy) is 2. The third-order valence-corrected chi connectivity index (χ3v) is 3.80. The van der Waals surface area contributed by atoms with Gasteiger partial charge in [-0.15, -0.1) is 0 Å². The van der Waals surface area contributed by atoms with E-state index in [2.05, 4.69) is 15.5 Å². The Morgan fingerprint density at radius 2 is 2.09 bits per heavy atom. The summed E-state index contributed by atoms with van der Waals surface area (Å²) in [5, 5.41) is 9.57. The molecular weight excluding hydrogens is 329 g/mol. The molecule has 2 heterocycles. The third kappa shape index (κ3) is 3.13. The lowest BCUT2D eigenvalue weighted by Gasteiger charge is -2.12. The number of benzene rings is 1. The van der Waals surface area contributed by atoms with Crippen molar-refractivity contribution >= 4 is 28.9 Å². The summed E-state index contributed by atoms with van der Waals surface area (Å²) in [4.78, 5) is 11.4. The minimum Gasteiger partial charge on any atom is -0.489 e. The third-order valence-electron chi connectivity index (χ3n) is 3.14. The van der Waals surface area contributed by atoms with Crippen molar-refractivity contribution in [1.82, 2.24) is 10.2 Å². The number of nitrogens with one attached hydrogen (secondary N) is 2. The van der Waals surface area contributed by atoms with Gasteiger partial charge in [0.1, 0.15) is 5.02 Å². The van der Waals surface area contributed by atoms with E-state index >= 15 is 0 Å². The van der Waals surface area contributed by atoms with Gasteiger partial charge in [-0.05, 0) is 17.7 Å². The molecule has 1 aliphatic heterocycles. The second-order valence-electron chi connectivity index (χ2n) is 4.74. The average molecular weight is 342 g/mol. The first-order valence-electron chi connectivity index (χ1n) is 6.70. The molecule has 8 heteroatoms. The van der Waals surface area contributed by atoms with E-state index in [1.54, 1.807) is 6.07 Å². The van der Waals surface area contributed by atoms with Crippen LogP contribution in [0.2, 0.25) is 10.0 Å². The smallest absolute Gasteiger partial charge is 0.285 e. The molecule has 0 fully saturated rings. The summed E-state index contributed by atoms with van der Waals surface area (Å²) in [6, 6.07) is 3.64. The van der Waals surface area contributed by atoms with Gasteiger partial charge >= 0.3 is 0 Å². The van der Waals surface area contributed by atoms with Crippen LogP contribution in [0.1, 0.15) is 12.0 Å². The highest BCUT2D eigenvalue weighted by Gasteiger charge is 2.15. The van der Waals surface area contributed by atoms with Gasteiger partial charge in [0.05, 0.1) is 30.1 Å². The molecule has 0 unspecified atom stereocenters. The first kappa shape index (κ1) is 15.0. The number of aromatic nitrogens is 2. The lowest BCUT2D eigenvalue weighted by Crippen LogP contribution is -2.11. The summed E-state index contributed by atoms with van der Waals surface area (Å²) in [7, 11) is 0. The summed E-state index contributed by atoms with van der Waals surface area (Å²) in [5.41, 5.74) is 0.891. The Morgan fingerprint density at radius 1 is 1.27 bits per heavy atom. The van der Waals surface area contributed by atoms with Gasteiger partial charge in [0.15, 0.2) is 11.5 Å². The van der Waals surface area contributed by atoms with E-state index in [0.29, 0.717) is 42.0 Å². The maximum atomic E-state index is 11.4. The summed E-state index contributed by atoms with van der Waals surface area (Å²) >= 11 is 12.1. The van der Waals surface area contributed by atoms with Gasteiger partial charge < -0.3 is 14.8 Å². The summed E-state index contributed by atoms with van der Waals surface area (Å²) in [6.07, 6.45) is 2.26. The van der Waals surface area contributed by atoms with Gasteiger partial charge in [0.25, 0.3) is 5.56 Å². The number of H-pyrrole nitrogens is 1. The normalized spacial score (nSPS) is 13.5. The summed E-state index contributed by atoms with van der Waals surface area (Å²) < 4.78 is 11.2. The molecule has 22 heavy (non-hydrogen) atoms. The predicted molar refractivity (Wildman–Crippen MR) is 84.3 cm³/mol. The van der Waals surface area contributed by atoms with Gasteiger partial charge in [-0.25, -0.2) is 5.10 Å². The van der Waals surface area contributed by atoms with E-state index in [9.17, 15) is 4.79 Å². The van der Waals surface area contributed by atoms with Crippen molar-refractivity contribution in [3.63, 3.8) is 0 Å². The molecule has 2 N–H and O–H groups in total. The van der Waals surface area contributed by atoms with Gasteiger partial charge in [0, 0.05) is 13.0 Å². The lowest BCUT2D eigenvalue weighted by atomic mass is 10.2. The molecule has 1 aliphatic rings. The fraction of sp³-hybridized carbons (Fsp3) is 0.286. The SMILES string of the molecule is O=c1[nH]ncc(NCc2cc(Cl)c3c(c2)OCCCO3)c1Cl. The standard InChI is InChI=1S/C14H13Cl2N3O3/c15-9-4-8(5-11-13(9)22-3-1-2-21-11)6-17-10-7-18-19-14(20)12(10)16/h4-5,7H,1-3,6H2,(H2,17,19,20). The second kappa shape index (κ2) is 6.46. The van der Waals surface area contributed by atoms with Crippen molar-refractivity contribution < 1.29 is 9.47 Å². The number of hydrogen-bond donors (Lipinski definition) is 2. The van der Waals surface area contributed by atoms with E-state index in [1.807, 2.05) is 6.07 Å². The van der Waals surface area contributed by atoms with Crippen molar-refractivity contribution in [2.75, 3.05) is 18.5 Å². The van der Waals surface area contributed by atoms with Gasteiger partial charge in [-0.2, -0.15) is 5.10 Å². The lowest BCUT2D eigenvalue weighted by molar-refractivity contribution is 0.297. The van der Waals surface area contributed by atoms with E-state index < -0.39 is 5.56 Å². The quantitative estimate of drug-likeness (QED) is 0.897. The molecule has 1 aromatic heterocycles. The van der Waals surface area contributed by atoms with Crippen LogP contribution >= 0.6 is 23.2 Å². The minimum absolute atomic E-state index is 0.0652. The zero-order valence-electron chi connectivity index (χ0n) is 11.5. The fourth-order valence-corrected chi connectivity index (χ4v) is 2.54. The van der Waals surface area contributed by atoms with E-state index in [0.717, 1.165) is 12.0 Å². The zero-order chi connectivity index (χ0) is 15.5. The average Bonchev–Trinajstić information content (AvgIpc) is 2.74. The topological polar surface area (TPSA) is 76.2 Å². The van der Waals surface area contributed by atoms with Crippen LogP contribution in [0.5, 0.6) is 11.5 Å². The first-order valence-corrected chi connectivity index (χ1v) is 7.46. The maximum absolute atomic E-state index is 11.4. The highest BCUT2D eigenvalue weighted by molar-refractivity contribution is 6.33. The van der Waals surface area contributed by atoms with Crippen LogP contribution in [-0.4, -0.2) is 23.4 Å². The monoisotopic (exact) mass is 341 g/mol. The van der Waals surface area contributed by atoms with Crippen LogP contribution in [0.15, 0.2) is 23.1 Å². The predicted octanol–water partition coefficient (Wildman–Crippen LogP) is 2.85. The molecule has 0 saturated carbocycles. The number of rotatable bonds is 3. The van der Waals surface area contributed by atoms with E-state index in [4.69, 9.17) is 32.7 Å². The molecule has 0 atom stereocenters. The van der Waals surface area contributed by atoms with Gasteiger partial charge in [-0.3, -0.25) is 4.79 Å². The van der Waals surface area contributed by atoms with E-state index in [1.165, 1.54) is 6.20 Å². The molecule has 0 amide bonds. The molecule has 0 radical (unpaired) electrons. The Labute approximate surface area is 136 Å². The van der Waals surface area contributed by atoms with E-state index in [-0.39, 0.29) is 5.02 Å².